The zero-order valence-corrected chi connectivity index (χ0v) is 40.1. The molecule has 0 saturated carbocycles. The Morgan fingerprint density at radius 2 is 0.760 bits per heavy atom. The molecule has 2 heterocycles. The Balaban J connectivity index is 1.72. The molecule has 2 aromatic heterocycles. The van der Waals surface area contributed by atoms with Crippen molar-refractivity contribution < 1.29 is 0 Å². The smallest absolute Gasteiger partial charge is 0.129 e. The normalized spacial score (nSPS) is 11.7. The van der Waals surface area contributed by atoms with E-state index in [4.69, 9.17) is 0 Å². The fourth-order valence-corrected chi connectivity index (χ4v) is 10.4. The van der Waals surface area contributed by atoms with E-state index in [1.54, 1.807) is 0 Å². The lowest BCUT2D eigenvalue weighted by molar-refractivity contribution is 0.578. The Labute approximate surface area is 345 Å². The predicted molar refractivity (Wildman–Crippen MR) is 253 cm³/mol. The summed E-state index contributed by atoms with van der Waals surface area (Å²) in [6, 6.07) is 14.3. The van der Waals surface area contributed by atoms with Crippen LogP contribution in [0.3, 0.4) is 0 Å². The van der Waals surface area contributed by atoms with Crippen molar-refractivity contribution >= 4 is 84.0 Å². The number of benzene rings is 1. The van der Waals surface area contributed by atoms with E-state index < -0.39 is 16.1 Å². The molecule has 0 atom stereocenters. The molecular formula is C44H64I2S2Si2. The first kappa shape index (κ1) is 44.0. The summed E-state index contributed by atoms with van der Waals surface area (Å²) in [5.41, 5.74) is 12.6. The zero-order chi connectivity index (χ0) is 36.2. The molecule has 0 N–H and O–H groups in total. The fourth-order valence-electron chi connectivity index (χ4n) is 5.97. The van der Waals surface area contributed by atoms with Gasteiger partial charge >= 0.3 is 0 Å². The average Bonchev–Trinajstić information content (AvgIpc) is 3.68. The van der Waals surface area contributed by atoms with Gasteiger partial charge in [0.15, 0.2) is 0 Å². The third-order valence-corrected chi connectivity index (χ3v) is 14.3. The van der Waals surface area contributed by atoms with Gasteiger partial charge in [0.1, 0.15) is 16.1 Å². The third-order valence-electron chi connectivity index (χ3n) is 8.79. The molecule has 0 bridgehead atoms. The molecule has 0 spiro atoms. The minimum Gasteiger partial charge on any atom is -0.131 e. The molecule has 0 saturated heterocycles. The summed E-state index contributed by atoms with van der Waals surface area (Å²) < 4.78 is 2.61. The van der Waals surface area contributed by atoms with Gasteiger partial charge in [-0.25, -0.2) is 0 Å². The van der Waals surface area contributed by atoms with Crippen LogP contribution >= 0.6 is 67.9 Å². The second-order valence-corrected chi connectivity index (χ2v) is 30.0. The Kier molecular flexibility index (Phi) is 21.2. The summed E-state index contributed by atoms with van der Waals surface area (Å²) in [7, 11) is -2.95. The number of aryl methyl sites for hydroxylation is 2. The molecule has 0 radical (unpaired) electrons. The number of hydrogen-bond acceptors (Lipinski definition) is 2. The lowest BCUT2D eigenvalue weighted by Gasteiger charge is -2.06. The molecule has 50 heavy (non-hydrogen) atoms. The average molecular weight is 967 g/mol. The van der Waals surface area contributed by atoms with Gasteiger partial charge in [-0.3, -0.25) is 0 Å². The van der Waals surface area contributed by atoms with E-state index >= 15 is 0 Å². The van der Waals surface area contributed by atoms with E-state index in [2.05, 4.69) is 144 Å². The summed E-state index contributed by atoms with van der Waals surface area (Å²) in [5, 5.41) is 0. The van der Waals surface area contributed by atoms with E-state index in [9.17, 15) is 0 Å². The molecule has 274 valence electrons. The van der Waals surface area contributed by atoms with Crippen LogP contribution < -0.4 is 0 Å². The van der Waals surface area contributed by atoms with Gasteiger partial charge in [-0.1, -0.05) is 198 Å². The highest BCUT2D eigenvalue weighted by atomic mass is 127. The maximum Gasteiger partial charge on any atom is 0.129 e. The maximum atomic E-state index is 3.67. The van der Waals surface area contributed by atoms with E-state index in [0.717, 1.165) is 0 Å². The number of halogens is 2. The molecule has 6 heteroatoms. The van der Waals surface area contributed by atoms with Gasteiger partial charge in [-0.15, -0.1) is 33.8 Å². The van der Waals surface area contributed by atoms with E-state index in [1.165, 1.54) is 166 Å². The van der Waals surface area contributed by atoms with Crippen LogP contribution in [0, 0.1) is 22.9 Å². The Morgan fingerprint density at radius 3 is 1.06 bits per heavy atom. The lowest BCUT2D eigenvalue weighted by Crippen LogP contribution is -2.16. The van der Waals surface area contributed by atoms with E-state index in [-0.39, 0.29) is 0 Å². The summed E-state index contributed by atoms with van der Waals surface area (Å²) >= 11 is 8.88. The topological polar surface area (TPSA) is 0 Å². The number of hydrogen-bond donors (Lipinski definition) is 0. The highest BCUT2D eigenvalue weighted by molar-refractivity contribution is 14.1. The van der Waals surface area contributed by atoms with Gasteiger partial charge < -0.3 is 0 Å². The van der Waals surface area contributed by atoms with Crippen molar-refractivity contribution in [2.75, 3.05) is 8.86 Å². The first-order valence-corrected chi connectivity index (χ1v) is 31.2. The van der Waals surface area contributed by atoms with Crippen LogP contribution in [0.4, 0.5) is 0 Å². The molecule has 0 unspecified atom stereocenters. The van der Waals surface area contributed by atoms with Crippen LogP contribution in [-0.2, 0) is 12.8 Å². The minimum absolute atomic E-state index is 1.18. The Bertz CT molecular complexity index is 1400. The molecule has 3 aromatic rings. The van der Waals surface area contributed by atoms with Gasteiger partial charge in [0.2, 0.25) is 0 Å². The number of thiophene rings is 2. The van der Waals surface area contributed by atoms with Crippen molar-refractivity contribution in [3.05, 3.63) is 55.9 Å². The monoisotopic (exact) mass is 966 g/mol. The molecule has 0 aliphatic carbocycles. The maximum absolute atomic E-state index is 3.67. The van der Waals surface area contributed by atoms with Gasteiger partial charge in [-0.2, -0.15) is 0 Å². The third kappa shape index (κ3) is 18.1. The van der Waals surface area contributed by atoms with Crippen molar-refractivity contribution in [1.82, 2.24) is 0 Å². The van der Waals surface area contributed by atoms with Gasteiger partial charge in [-0.05, 0) is 70.6 Å². The largest absolute Gasteiger partial charge is 0.131 e. The van der Waals surface area contributed by atoms with Crippen molar-refractivity contribution in [3.8, 4) is 45.2 Å². The van der Waals surface area contributed by atoms with Gasteiger partial charge in [0.05, 0.1) is 9.75 Å². The highest BCUT2D eigenvalue weighted by Crippen LogP contribution is 2.36. The first-order chi connectivity index (χ1) is 24.0. The standard InChI is InChI=1S/C44H64I2S2Si2/c1-49(2,3)33-29-43-41(35-39(47-43)23-19-15-11-7-9-13-17-21-31-45)37-25-27-38(28-26-37)42-36-40(48-44(42)30-34-50(4,5)6)24-20-16-12-8-10-14-18-22-32-46/h25-28,35-36H,7-24,31-32H2,1-6H3. The number of alkyl halides is 2. The van der Waals surface area contributed by atoms with Gasteiger partial charge in [0.25, 0.3) is 0 Å². The van der Waals surface area contributed by atoms with Crippen molar-refractivity contribution in [2.45, 2.75) is 155 Å². The highest BCUT2D eigenvalue weighted by Gasteiger charge is 2.15. The van der Waals surface area contributed by atoms with E-state index in [1.807, 2.05) is 22.7 Å². The van der Waals surface area contributed by atoms with Crippen molar-refractivity contribution in [2.24, 2.45) is 0 Å². The molecule has 0 aliphatic rings. The SMILES string of the molecule is C[Si](C)(C)C#Cc1sc(CCCCCCCCCCI)cc1-c1ccc(-c2cc(CCCCCCCCCCI)sc2C#C[Si](C)(C)C)cc1. The molecule has 3 rings (SSSR count). The molecule has 0 amide bonds. The van der Waals surface area contributed by atoms with Crippen molar-refractivity contribution in [1.29, 1.82) is 0 Å². The second-order valence-electron chi connectivity index (χ2n) is 16.0. The minimum atomic E-state index is -1.47. The summed E-state index contributed by atoms with van der Waals surface area (Å²) in [6.07, 6.45) is 24.4. The van der Waals surface area contributed by atoms with Crippen molar-refractivity contribution in [3.63, 3.8) is 0 Å². The zero-order valence-electron chi connectivity index (χ0n) is 32.2. The van der Waals surface area contributed by atoms with Crippen LogP contribution in [0.15, 0.2) is 36.4 Å². The Morgan fingerprint density at radius 1 is 0.460 bits per heavy atom. The summed E-state index contributed by atoms with van der Waals surface area (Å²) in [4.78, 5) is 5.50. The quantitative estimate of drug-likeness (QED) is 0.0309. The lowest BCUT2D eigenvalue weighted by atomic mass is 9.99. The second kappa shape index (κ2) is 24.1. The molecule has 0 nitrogen and oxygen atoms in total. The van der Waals surface area contributed by atoms with Gasteiger partial charge in [0, 0.05) is 20.9 Å². The summed E-state index contributed by atoms with van der Waals surface area (Å²) in [6.45, 7) is 14.1. The number of rotatable bonds is 22. The predicted octanol–water partition coefficient (Wildman–Crippen LogP) is 15.8. The molecule has 0 aliphatic heterocycles. The van der Waals surface area contributed by atoms with E-state index in [0.29, 0.717) is 0 Å². The molecule has 0 fully saturated rings. The number of unbranched alkanes of at least 4 members (excludes halogenated alkanes) is 14. The molecule has 1 aromatic carbocycles. The molecular weight excluding hydrogens is 903 g/mol. The van der Waals surface area contributed by atoms with Crippen LogP contribution in [0.1, 0.15) is 122 Å². The summed E-state index contributed by atoms with van der Waals surface area (Å²) in [5.74, 6) is 7.31. The Hall–Kier alpha value is -0.366. The van der Waals surface area contributed by atoms with Crippen LogP contribution in [-0.4, -0.2) is 25.0 Å². The fraction of sp³-hybridized carbons (Fsp3) is 0.591. The van der Waals surface area contributed by atoms with Crippen LogP contribution in [0.5, 0.6) is 0 Å². The van der Waals surface area contributed by atoms with Crippen LogP contribution in [0.25, 0.3) is 22.3 Å². The van der Waals surface area contributed by atoms with Crippen LogP contribution in [0.2, 0.25) is 39.3 Å². The first-order valence-electron chi connectivity index (χ1n) is 19.5.